The Bertz CT molecular complexity index is 1440. The van der Waals surface area contributed by atoms with Crippen molar-refractivity contribution in [2.24, 2.45) is 0 Å². The smallest absolute Gasteiger partial charge is 0.262 e. The molecule has 5 rings (SSSR count). The Balaban J connectivity index is 1.45. The van der Waals surface area contributed by atoms with Gasteiger partial charge in [0, 0.05) is 27.5 Å². The number of para-hydroxylation sites is 1. The molecule has 160 valence electrons. The maximum Gasteiger partial charge on any atom is 0.262 e. The predicted molar refractivity (Wildman–Crippen MR) is 134 cm³/mol. The number of benzene rings is 1. The van der Waals surface area contributed by atoms with E-state index in [9.17, 15) is 4.79 Å². The zero-order valence-electron chi connectivity index (χ0n) is 17.6. The third-order valence-electron chi connectivity index (χ3n) is 5.09. The maximum atomic E-state index is 13.1. The van der Waals surface area contributed by atoms with Crippen molar-refractivity contribution in [2.45, 2.75) is 18.9 Å². The van der Waals surface area contributed by atoms with Crippen LogP contribution >= 0.6 is 34.4 Å². The van der Waals surface area contributed by atoms with E-state index in [-0.39, 0.29) is 5.91 Å². The molecule has 0 atom stereocenters. The molecular formula is C23H19N5OS3. The first-order valence-corrected chi connectivity index (χ1v) is 12.8. The second-order valence-electron chi connectivity index (χ2n) is 7.16. The number of hydrogen-bond acceptors (Lipinski definition) is 7. The first-order chi connectivity index (χ1) is 15.5. The average molecular weight is 478 g/mol. The number of thiazole rings is 1. The normalized spacial score (nSPS) is 11.2. The monoisotopic (exact) mass is 477 g/mol. The van der Waals surface area contributed by atoms with E-state index < -0.39 is 0 Å². The molecule has 0 bridgehead atoms. The van der Waals surface area contributed by atoms with Gasteiger partial charge >= 0.3 is 0 Å². The molecule has 0 fully saturated rings. The lowest BCUT2D eigenvalue weighted by atomic mass is 10.1. The molecule has 5 aromatic rings. The number of nitrogens with zero attached hydrogens (tertiary/aromatic N) is 3. The molecule has 4 heterocycles. The van der Waals surface area contributed by atoms with Gasteiger partial charge in [-0.25, -0.2) is 15.0 Å². The topological polar surface area (TPSA) is 83.6 Å². The van der Waals surface area contributed by atoms with E-state index in [4.69, 9.17) is 4.98 Å². The number of fused-ring (bicyclic) bond motifs is 1. The predicted octanol–water partition coefficient (Wildman–Crippen LogP) is 6.40. The molecule has 6 nitrogen and oxygen atoms in total. The second-order valence-corrected chi connectivity index (χ2v) is 9.76. The number of hydrogen-bond donors (Lipinski definition) is 2. The van der Waals surface area contributed by atoms with Crippen LogP contribution in [0.25, 0.3) is 32.9 Å². The summed E-state index contributed by atoms with van der Waals surface area (Å²) in [5.74, 6) is 0.394. The Morgan fingerprint density at radius 2 is 1.91 bits per heavy atom. The molecule has 2 N–H and O–H groups in total. The number of thioether (sulfide) groups is 1. The first kappa shape index (κ1) is 20.9. The lowest BCUT2D eigenvalue weighted by molar-refractivity contribution is 0.102. The summed E-state index contributed by atoms with van der Waals surface area (Å²) >= 11 is 4.42. The third-order valence-corrected chi connectivity index (χ3v) is 7.40. The van der Waals surface area contributed by atoms with Crippen LogP contribution in [0, 0.1) is 13.8 Å². The van der Waals surface area contributed by atoms with E-state index in [1.807, 2.05) is 61.2 Å². The van der Waals surface area contributed by atoms with Gasteiger partial charge in [-0.1, -0.05) is 24.3 Å². The van der Waals surface area contributed by atoms with Gasteiger partial charge in [0.1, 0.15) is 5.03 Å². The van der Waals surface area contributed by atoms with Gasteiger partial charge in [0.25, 0.3) is 5.91 Å². The molecule has 9 heteroatoms. The van der Waals surface area contributed by atoms with Crippen molar-refractivity contribution < 1.29 is 4.79 Å². The SMILES string of the molecule is CSc1nc(-c2cccs2)nc(C)c1C(=O)Nc1nc(-c2c(C)[nH]c3ccccc23)cs1. The Hall–Kier alpha value is -3.01. The highest BCUT2D eigenvalue weighted by molar-refractivity contribution is 7.98. The fourth-order valence-electron chi connectivity index (χ4n) is 3.68. The van der Waals surface area contributed by atoms with Gasteiger partial charge in [0.05, 0.1) is 21.8 Å². The van der Waals surface area contributed by atoms with E-state index >= 15 is 0 Å². The minimum Gasteiger partial charge on any atom is -0.358 e. The number of anilines is 1. The average Bonchev–Trinajstić information content (AvgIpc) is 3.52. The van der Waals surface area contributed by atoms with Gasteiger partial charge in [-0.3, -0.25) is 10.1 Å². The molecule has 0 aliphatic carbocycles. The molecule has 1 amide bonds. The minimum atomic E-state index is -0.249. The van der Waals surface area contributed by atoms with Crippen LogP contribution in [0.2, 0.25) is 0 Å². The summed E-state index contributed by atoms with van der Waals surface area (Å²) in [5, 5.41) is 9.22. The number of rotatable bonds is 5. The summed E-state index contributed by atoms with van der Waals surface area (Å²) in [4.78, 5) is 31.4. The van der Waals surface area contributed by atoms with Crippen LogP contribution in [0.1, 0.15) is 21.7 Å². The van der Waals surface area contributed by atoms with Gasteiger partial charge in [0.15, 0.2) is 11.0 Å². The number of aryl methyl sites for hydroxylation is 2. The number of aromatic nitrogens is 4. The molecule has 0 aliphatic heterocycles. The quantitative estimate of drug-likeness (QED) is 0.226. The Labute approximate surface area is 197 Å². The standard InChI is InChI=1S/C23H19N5OS3/c1-12-18(14-7-4-5-8-15(14)24-12)16-11-32-23(26-16)28-21(29)19-13(2)25-20(27-22(19)30-3)17-9-6-10-31-17/h4-11,24H,1-3H3,(H,26,28,29). The van der Waals surface area contributed by atoms with E-state index in [2.05, 4.69) is 26.3 Å². The highest BCUT2D eigenvalue weighted by Gasteiger charge is 2.21. The van der Waals surface area contributed by atoms with Crippen molar-refractivity contribution in [3.8, 4) is 22.0 Å². The van der Waals surface area contributed by atoms with Gasteiger partial charge in [-0.15, -0.1) is 34.4 Å². The molecule has 0 radical (unpaired) electrons. The highest BCUT2D eigenvalue weighted by Crippen LogP contribution is 2.34. The van der Waals surface area contributed by atoms with Crippen LogP contribution in [-0.2, 0) is 0 Å². The number of H-pyrrole nitrogens is 1. The zero-order chi connectivity index (χ0) is 22.2. The number of thiophene rings is 1. The largest absolute Gasteiger partial charge is 0.358 e. The first-order valence-electron chi connectivity index (χ1n) is 9.86. The molecule has 0 unspecified atom stereocenters. The summed E-state index contributed by atoms with van der Waals surface area (Å²) < 4.78 is 0. The second kappa shape index (κ2) is 8.50. The van der Waals surface area contributed by atoms with Crippen molar-refractivity contribution in [2.75, 3.05) is 11.6 Å². The van der Waals surface area contributed by atoms with Gasteiger partial charge in [-0.05, 0) is 37.6 Å². The number of carbonyl (C=O) groups is 1. The van der Waals surface area contributed by atoms with Crippen LogP contribution in [-0.4, -0.2) is 32.1 Å². The summed E-state index contributed by atoms with van der Waals surface area (Å²) in [7, 11) is 0. The number of aromatic amines is 1. The van der Waals surface area contributed by atoms with Crippen LogP contribution in [0.4, 0.5) is 5.13 Å². The third kappa shape index (κ3) is 3.72. The molecule has 0 aliphatic rings. The Kier molecular flexibility index (Phi) is 5.54. The molecule has 0 saturated heterocycles. The Morgan fingerprint density at radius 3 is 2.69 bits per heavy atom. The van der Waals surface area contributed by atoms with Crippen molar-refractivity contribution in [1.82, 2.24) is 19.9 Å². The Morgan fingerprint density at radius 1 is 1.06 bits per heavy atom. The molecular weight excluding hydrogens is 458 g/mol. The molecule has 1 aromatic carbocycles. The van der Waals surface area contributed by atoms with E-state index in [0.717, 1.165) is 32.7 Å². The van der Waals surface area contributed by atoms with Crippen molar-refractivity contribution >= 4 is 56.4 Å². The van der Waals surface area contributed by atoms with Gasteiger partial charge < -0.3 is 4.98 Å². The maximum absolute atomic E-state index is 13.1. The molecule has 0 saturated carbocycles. The summed E-state index contributed by atoms with van der Waals surface area (Å²) in [5.41, 5.74) is 5.15. The lowest BCUT2D eigenvalue weighted by Crippen LogP contribution is -2.16. The summed E-state index contributed by atoms with van der Waals surface area (Å²) in [6.07, 6.45) is 1.91. The number of nitrogens with one attached hydrogen (secondary N) is 2. The molecule has 32 heavy (non-hydrogen) atoms. The molecule has 0 spiro atoms. The van der Waals surface area contributed by atoms with E-state index in [0.29, 0.717) is 27.2 Å². The molecule has 4 aromatic heterocycles. The van der Waals surface area contributed by atoms with Crippen LogP contribution in [0.5, 0.6) is 0 Å². The van der Waals surface area contributed by atoms with Crippen molar-refractivity contribution in [1.29, 1.82) is 0 Å². The fraction of sp³-hybridized carbons (Fsp3) is 0.130. The van der Waals surface area contributed by atoms with E-state index in [1.54, 1.807) is 11.3 Å². The van der Waals surface area contributed by atoms with Crippen LogP contribution < -0.4 is 5.32 Å². The highest BCUT2D eigenvalue weighted by atomic mass is 32.2. The van der Waals surface area contributed by atoms with Gasteiger partial charge in [-0.2, -0.15) is 0 Å². The minimum absolute atomic E-state index is 0.249. The number of carbonyl (C=O) groups excluding carboxylic acids is 1. The van der Waals surface area contributed by atoms with E-state index in [1.165, 1.54) is 23.1 Å². The lowest BCUT2D eigenvalue weighted by Gasteiger charge is -2.10. The summed E-state index contributed by atoms with van der Waals surface area (Å²) in [6.45, 7) is 3.88. The van der Waals surface area contributed by atoms with Crippen LogP contribution in [0.3, 0.4) is 0 Å². The van der Waals surface area contributed by atoms with Crippen molar-refractivity contribution in [3.05, 3.63) is 64.1 Å². The summed E-state index contributed by atoms with van der Waals surface area (Å²) in [6, 6.07) is 12.1. The van der Waals surface area contributed by atoms with Crippen molar-refractivity contribution in [3.63, 3.8) is 0 Å². The zero-order valence-corrected chi connectivity index (χ0v) is 20.0. The number of amides is 1. The fourth-order valence-corrected chi connectivity index (χ4v) is 5.66. The van der Waals surface area contributed by atoms with Gasteiger partial charge in [0.2, 0.25) is 0 Å². The van der Waals surface area contributed by atoms with Crippen LogP contribution in [0.15, 0.2) is 52.2 Å².